The summed E-state index contributed by atoms with van der Waals surface area (Å²) in [5.74, 6) is 0.231. The second-order valence-electron chi connectivity index (χ2n) is 4.93. The van der Waals surface area contributed by atoms with Crippen molar-refractivity contribution in [3.05, 3.63) is 22.4 Å². The highest BCUT2D eigenvalue weighted by Gasteiger charge is 2.25. The number of carbonyl (C=O) groups is 1. The van der Waals surface area contributed by atoms with Gasteiger partial charge in [0.05, 0.1) is 12.2 Å². The van der Waals surface area contributed by atoms with Gasteiger partial charge in [0.15, 0.2) is 0 Å². The number of sulfonamides is 1. The van der Waals surface area contributed by atoms with Gasteiger partial charge < -0.3 is 4.90 Å². The SMILES string of the molecule is CCS(=O)(=O)NC1CCN(C(=O)Cc2cccs2)CC1. The molecule has 2 heterocycles. The zero-order chi connectivity index (χ0) is 14.6. The molecule has 0 radical (unpaired) electrons. The maximum absolute atomic E-state index is 12.1. The third-order valence-electron chi connectivity index (χ3n) is 3.48. The summed E-state index contributed by atoms with van der Waals surface area (Å²) in [7, 11) is -3.15. The van der Waals surface area contributed by atoms with Crippen molar-refractivity contribution < 1.29 is 13.2 Å². The van der Waals surface area contributed by atoms with Crippen LogP contribution in [0.15, 0.2) is 17.5 Å². The first-order valence-electron chi connectivity index (χ1n) is 6.80. The molecule has 0 bridgehead atoms. The van der Waals surface area contributed by atoms with Crippen LogP contribution in [-0.4, -0.2) is 44.1 Å². The molecular weight excluding hydrogens is 296 g/mol. The van der Waals surface area contributed by atoms with Crippen molar-refractivity contribution in [2.45, 2.75) is 32.2 Å². The lowest BCUT2D eigenvalue weighted by Gasteiger charge is -2.32. The molecule has 1 saturated heterocycles. The minimum atomic E-state index is -3.15. The topological polar surface area (TPSA) is 66.5 Å². The first kappa shape index (κ1) is 15.5. The van der Waals surface area contributed by atoms with Crippen LogP contribution in [0.1, 0.15) is 24.6 Å². The van der Waals surface area contributed by atoms with Crippen LogP contribution in [0, 0.1) is 0 Å². The smallest absolute Gasteiger partial charge is 0.227 e. The van der Waals surface area contributed by atoms with Gasteiger partial charge in [0, 0.05) is 24.0 Å². The fraction of sp³-hybridized carbons (Fsp3) is 0.615. The van der Waals surface area contributed by atoms with Crippen LogP contribution in [0.2, 0.25) is 0 Å². The van der Waals surface area contributed by atoms with E-state index in [2.05, 4.69) is 4.72 Å². The second-order valence-corrected chi connectivity index (χ2v) is 8.01. The molecule has 0 aliphatic carbocycles. The van der Waals surface area contributed by atoms with Gasteiger partial charge in [-0.05, 0) is 31.2 Å². The fourth-order valence-electron chi connectivity index (χ4n) is 2.26. The van der Waals surface area contributed by atoms with E-state index in [1.807, 2.05) is 22.4 Å². The van der Waals surface area contributed by atoms with E-state index in [1.54, 1.807) is 18.3 Å². The number of thiophene rings is 1. The van der Waals surface area contributed by atoms with Gasteiger partial charge in [-0.3, -0.25) is 4.79 Å². The van der Waals surface area contributed by atoms with Crippen LogP contribution in [-0.2, 0) is 21.2 Å². The maximum atomic E-state index is 12.1. The predicted octanol–water partition coefficient (Wildman–Crippen LogP) is 1.22. The highest BCUT2D eigenvalue weighted by Crippen LogP contribution is 2.15. The van der Waals surface area contributed by atoms with Gasteiger partial charge >= 0.3 is 0 Å². The lowest BCUT2D eigenvalue weighted by atomic mass is 10.1. The normalized spacial score (nSPS) is 17.4. The average molecular weight is 316 g/mol. The fourth-order valence-corrected chi connectivity index (χ4v) is 3.86. The number of amides is 1. The first-order valence-corrected chi connectivity index (χ1v) is 9.33. The van der Waals surface area contributed by atoms with E-state index in [9.17, 15) is 13.2 Å². The number of nitrogens with zero attached hydrogens (tertiary/aromatic N) is 1. The number of hydrogen-bond donors (Lipinski definition) is 1. The Morgan fingerprint density at radius 3 is 2.70 bits per heavy atom. The minimum Gasteiger partial charge on any atom is -0.342 e. The molecule has 20 heavy (non-hydrogen) atoms. The average Bonchev–Trinajstić information content (AvgIpc) is 2.92. The molecule has 112 valence electrons. The predicted molar refractivity (Wildman–Crippen MR) is 80.2 cm³/mol. The Morgan fingerprint density at radius 2 is 2.15 bits per heavy atom. The summed E-state index contributed by atoms with van der Waals surface area (Å²) in [6, 6.07) is 3.87. The van der Waals surface area contributed by atoms with E-state index in [4.69, 9.17) is 0 Å². The number of piperidine rings is 1. The van der Waals surface area contributed by atoms with Gasteiger partial charge in [-0.15, -0.1) is 11.3 Å². The number of nitrogens with one attached hydrogen (secondary N) is 1. The van der Waals surface area contributed by atoms with Crippen molar-refractivity contribution in [1.82, 2.24) is 9.62 Å². The van der Waals surface area contributed by atoms with Crippen LogP contribution in [0.25, 0.3) is 0 Å². The molecule has 1 aromatic heterocycles. The molecule has 7 heteroatoms. The van der Waals surface area contributed by atoms with Crippen molar-refractivity contribution in [2.24, 2.45) is 0 Å². The Hall–Kier alpha value is -0.920. The van der Waals surface area contributed by atoms with Crippen LogP contribution in [0.3, 0.4) is 0 Å². The van der Waals surface area contributed by atoms with Gasteiger partial charge in [0.1, 0.15) is 0 Å². The zero-order valence-electron chi connectivity index (χ0n) is 11.5. The quantitative estimate of drug-likeness (QED) is 0.888. The highest BCUT2D eigenvalue weighted by molar-refractivity contribution is 7.89. The maximum Gasteiger partial charge on any atom is 0.227 e. The van der Waals surface area contributed by atoms with Crippen molar-refractivity contribution in [3.63, 3.8) is 0 Å². The summed E-state index contributed by atoms with van der Waals surface area (Å²) in [4.78, 5) is 15.0. The molecule has 0 saturated carbocycles. The van der Waals surface area contributed by atoms with E-state index in [-0.39, 0.29) is 17.7 Å². The molecule has 5 nitrogen and oxygen atoms in total. The molecular formula is C13H20N2O3S2. The molecule has 2 rings (SSSR count). The molecule has 1 aliphatic rings. The summed E-state index contributed by atoms with van der Waals surface area (Å²) in [5, 5.41) is 1.97. The lowest BCUT2D eigenvalue weighted by Crippen LogP contribution is -2.47. The Kier molecular flexibility index (Phi) is 5.17. The molecule has 0 unspecified atom stereocenters. The van der Waals surface area contributed by atoms with E-state index >= 15 is 0 Å². The van der Waals surface area contributed by atoms with Gasteiger partial charge in [-0.1, -0.05) is 6.07 Å². The highest BCUT2D eigenvalue weighted by atomic mass is 32.2. The van der Waals surface area contributed by atoms with Gasteiger partial charge in [0.2, 0.25) is 15.9 Å². The third kappa shape index (κ3) is 4.29. The van der Waals surface area contributed by atoms with Crippen LogP contribution >= 0.6 is 11.3 Å². The van der Waals surface area contributed by atoms with Crippen molar-refractivity contribution >= 4 is 27.3 Å². The summed E-state index contributed by atoms with van der Waals surface area (Å²) in [6.45, 7) is 2.88. The summed E-state index contributed by atoms with van der Waals surface area (Å²) >= 11 is 1.59. The Bertz CT molecular complexity index is 532. The van der Waals surface area contributed by atoms with Crippen LogP contribution in [0.4, 0.5) is 0 Å². The summed E-state index contributed by atoms with van der Waals surface area (Å²) < 4.78 is 25.7. The molecule has 1 N–H and O–H groups in total. The van der Waals surface area contributed by atoms with Gasteiger partial charge in [0.25, 0.3) is 0 Å². The molecule has 1 aliphatic heterocycles. The van der Waals surface area contributed by atoms with E-state index in [1.165, 1.54) is 0 Å². The number of rotatable bonds is 5. The molecule has 0 atom stereocenters. The zero-order valence-corrected chi connectivity index (χ0v) is 13.2. The van der Waals surface area contributed by atoms with Crippen LogP contribution in [0.5, 0.6) is 0 Å². The summed E-state index contributed by atoms with van der Waals surface area (Å²) in [6.07, 6.45) is 1.83. The first-order chi connectivity index (χ1) is 9.50. The van der Waals surface area contributed by atoms with Crippen molar-refractivity contribution in [3.8, 4) is 0 Å². The van der Waals surface area contributed by atoms with Gasteiger partial charge in [-0.25, -0.2) is 13.1 Å². The minimum absolute atomic E-state index is 0.0364. The van der Waals surface area contributed by atoms with Gasteiger partial charge in [-0.2, -0.15) is 0 Å². The standard InChI is InChI=1S/C13H20N2O3S2/c1-2-20(17,18)14-11-5-7-15(8-6-11)13(16)10-12-4-3-9-19-12/h3-4,9,11,14H,2,5-8,10H2,1H3. The van der Waals surface area contributed by atoms with E-state index < -0.39 is 10.0 Å². The Labute approximate surface area is 124 Å². The lowest BCUT2D eigenvalue weighted by molar-refractivity contribution is -0.131. The van der Waals surface area contributed by atoms with Crippen molar-refractivity contribution in [1.29, 1.82) is 0 Å². The monoisotopic (exact) mass is 316 g/mol. The van der Waals surface area contributed by atoms with Crippen LogP contribution < -0.4 is 4.72 Å². The summed E-state index contributed by atoms with van der Waals surface area (Å²) in [5.41, 5.74) is 0. The van der Waals surface area contributed by atoms with Crippen molar-refractivity contribution in [2.75, 3.05) is 18.8 Å². The molecule has 1 aromatic rings. The van der Waals surface area contributed by atoms with E-state index in [0.29, 0.717) is 32.4 Å². The molecule has 0 aromatic carbocycles. The second kappa shape index (κ2) is 6.69. The Morgan fingerprint density at radius 1 is 1.45 bits per heavy atom. The number of carbonyl (C=O) groups excluding carboxylic acids is 1. The molecule has 0 spiro atoms. The number of likely N-dealkylation sites (tertiary alicyclic amines) is 1. The molecule has 1 amide bonds. The largest absolute Gasteiger partial charge is 0.342 e. The number of hydrogen-bond acceptors (Lipinski definition) is 4. The van der Waals surface area contributed by atoms with E-state index in [0.717, 1.165) is 4.88 Å². The molecule has 1 fully saturated rings. The Balaban J connectivity index is 1.80. The third-order valence-corrected chi connectivity index (χ3v) is 5.81.